The lowest BCUT2D eigenvalue weighted by Crippen LogP contribution is -2.34. The fourth-order valence-electron chi connectivity index (χ4n) is 2.19. The minimum atomic E-state index is -0.101. The van der Waals surface area contributed by atoms with E-state index in [2.05, 4.69) is 25.9 Å². The molecule has 0 saturated carbocycles. The van der Waals surface area contributed by atoms with Crippen molar-refractivity contribution in [2.45, 2.75) is 20.8 Å². The second-order valence-electron chi connectivity index (χ2n) is 6.31. The SMILES string of the molecule is CN(CC(C)(C)C)C(=O)c1conc1-c1ccc(Cl)cc1. The largest absolute Gasteiger partial charge is 0.363 e. The lowest BCUT2D eigenvalue weighted by molar-refractivity contribution is 0.0745. The van der Waals surface area contributed by atoms with Crippen LogP contribution in [-0.4, -0.2) is 29.6 Å². The molecule has 0 spiro atoms. The van der Waals surface area contributed by atoms with Crippen LogP contribution >= 0.6 is 11.6 Å². The second-order valence-corrected chi connectivity index (χ2v) is 6.74. The third kappa shape index (κ3) is 3.85. The summed E-state index contributed by atoms with van der Waals surface area (Å²) in [5.74, 6) is -0.101. The monoisotopic (exact) mass is 306 g/mol. The number of carbonyl (C=O) groups is 1. The molecule has 0 saturated heterocycles. The van der Waals surface area contributed by atoms with Crippen LogP contribution in [0.2, 0.25) is 5.02 Å². The van der Waals surface area contributed by atoms with Gasteiger partial charge in [-0.1, -0.05) is 49.7 Å². The molecule has 2 aromatic rings. The van der Waals surface area contributed by atoms with Crippen molar-refractivity contribution in [2.24, 2.45) is 5.41 Å². The molecule has 0 atom stereocenters. The molecule has 1 amide bonds. The Labute approximate surface area is 129 Å². The van der Waals surface area contributed by atoms with E-state index in [0.29, 0.717) is 22.8 Å². The summed E-state index contributed by atoms with van der Waals surface area (Å²) >= 11 is 5.88. The van der Waals surface area contributed by atoms with Crippen LogP contribution < -0.4 is 0 Å². The Morgan fingerprint density at radius 1 is 1.29 bits per heavy atom. The molecular formula is C16H19ClN2O2. The molecule has 0 unspecified atom stereocenters. The number of aromatic nitrogens is 1. The van der Waals surface area contributed by atoms with E-state index in [4.69, 9.17) is 16.1 Å². The number of hydrogen-bond donors (Lipinski definition) is 0. The van der Waals surface area contributed by atoms with E-state index in [9.17, 15) is 4.79 Å². The highest BCUT2D eigenvalue weighted by molar-refractivity contribution is 6.30. The number of benzene rings is 1. The smallest absolute Gasteiger partial charge is 0.259 e. The minimum Gasteiger partial charge on any atom is -0.363 e. The van der Waals surface area contributed by atoms with Crippen LogP contribution in [0.4, 0.5) is 0 Å². The topological polar surface area (TPSA) is 46.3 Å². The predicted octanol–water partition coefficient (Wildman–Crippen LogP) is 4.11. The van der Waals surface area contributed by atoms with Crippen LogP contribution in [0.5, 0.6) is 0 Å². The fraction of sp³-hybridized carbons (Fsp3) is 0.375. The van der Waals surface area contributed by atoms with Gasteiger partial charge in [0.15, 0.2) is 0 Å². The Morgan fingerprint density at radius 3 is 2.48 bits per heavy atom. The number of rotatable bonds is 3. The average Bonchev–Trinajstić information content (AvgIpc) is 2.85. The molecule has 0 N–H and O–H groups in total. The van der Waals surface area contributed by atoms with Gasteiger partial charge in [0.05, 0.1) is 0 Å². The molecule has 1 aromatic carbocycles. The molecule has 0 aliphatic heterocycles. The number of hydrogen-bond acceptors (Lipinski definition) is 3. The Balaban J connectivity index is 2.28. The first-order valence-electron chi connectivity index (χ1n) is 6.74. The lowest BCUT2D eigenvalue weighted by Gasteiger charge is -2.26. The van der Waals surface area contributed by atoms with Crippen LogP contribution in [0.15, 0.2) is 35.1 Å². The summed E-state index contributed by atoms with van der Waals surface area (Å²) in [5, 5.41) is 4.59. The molecule has 4 nitrogen and oxygen atoms in total. The average molecular weight is 307 g/mol. The molecule has 21 heavy (non-hydrogen) atoms. The van der Waals surface area contributed by atoms with Gasteiger partial charge in [-0.05, 0) is 17.5 Å². The molecule has 1 aromatic heterocycles. The summed E-state index contributed by atoms with van der Waals surface area (Å²) in [6, 6.07) is 7.17. The zero-order chi connectivity index (χ0) is 15.6. The first-order valence-corrected chi connectivity index (χ1v) is 7.11. The molecule has 5 heteroatoms. The Hall–Kier alpha value is -1.81. The van der Waals surface area contributed by atoms with Gasteiger partial charge < -0.3 is 9.42 Å². The van der Waals surface area contributed by atoms with Gasteiger partial charge in [-0.15, -0.1) is 0 Å². The fourth-order valence-corrected chi connectivity index (χ4v) is 2.32. The van der Waals surface area contributed by atoms with Gasteiger partial charge in [-0.2, -0.15) is 0 Å². The summed E-state index contributed by atoms with van der Waals surface area (Å²) in [6.45, 7) is 6.91. The van der Waals surface area contributed by atoms with Crippen molar-refractivity contribution in [2.75, 3.05) is 13.6 Å². The third-order valence-electron chi connectivity index (χ3n) is 2.98. The molecule has 1 heterocycles. The summed E-state index contributed by atoms with van der Waals surface area (Å²) in [7, 11) is 1.78. The normalized spacial score (nSPS) is 11.5. The maximum Gasteiger partial charge on any atom is 0.259 e. The third-order valence-corrected chi connectivity index (χ3v) is 3.23. The second kappa shape index (κ2) is 5.90. The Bertz CT molecular complexity index is 626. The Kier molecular flexibility index (Phi) is 4.37. The summed E-state index contributed by atoms with van der Waals surface area (Å²) in [6.07, 6.45) is 1.39. The van der Waals surface area contributed by atoms with E-state index in [1.165, 1.54) is 6.26 Å². The van der Waals surface area contributed by atoms with Crippen LogP contribution in [0.25, 0.3) is 11.3 Å². The van der Waals surface area contributed by atoms with Crippen LogP contribution in [-0.2, 0) is 0 Å². The standard InChI is InChI=1S/C16H19ClN2O2/c1-16(2,3)10-19(4)15(20)13-9-21-18-14(13)11-5-7-12(17)8-6-11/h5-9H,10H2,1-4H3. The van der Waals surface area contributed by atoms with E-state index in [1.807, 2.05) is 12.1 Å². The minimum absolute atomic E-state index is 0.0298. The molecule has 0 aliphatic rings. The van der Waals surface area contributed by atoms with E-state index in [0.717, 1.165) is 5.56 Å². The van der Waals surface area contributed by atoms with Gasteiger partial charge in [-0.25, -0.2) is 0 Å². The van der Waals surface area contributed by atoms with E-state index in [-0.39, 0.29) is 11.3 Å². The van der Waals surface area contributed by atoms with Gasteiger partial charge in [0.2, 0.25) is 0 Å². The van der Waals surface area contributed by atoms with Crippen LogP contribution in [0.1, 0.15) is 31.1 Å². The van der Waals surface area contributed by atoms with Crippen molar-refractivity contribution in [3.05, 3.63) is 41.1 Å². The van der Waals surface area contributed by atoms with Gasteiger partial charge >= 0.3 is 0 Å². The van der Waals surface area contributed by atoms with Crippen LogP contribution in [0.3, 0.4) is 0 Å². The maximum absolute atomic E-state index is 12.5. The molecule has 0 bridgehead atoms. The number of carbonyl (C=O) groups excluding carboxylic acids is 1. The summed E-state index contributed by atoms with van der Waals surface area (Å²) < 4.78 is 5.00. The summed E-state index contributed by atoms with van der Waals surface area (Å²) in [5.41, 5.74) is 1.84. The van der Waals surface area contributed by atoms with Crippen molar-refractivity contribution in [1.29, 1.82) is 0 Å². The maximum atomic E-state index is 12.5. The van der Waals surface area contributed by atoms with E-state index < -0.39 is 0 Å². The van der Waals surface area contributed by atoms with Crippen molar-refractivity contribution >= 4 is 17.5 Å². The molecule has 0 fully saturated rings. The predicted molar refractivity (Wildman–Crippen MR) is 83.4 cm³/mol. The van der Waals surface area contributed by atoms with Gasteiger partial charge in [0, 0.05) is 24.2 Å². The zero-order valence-electron chi connectivity index (χ0n) is 12.7. The molecule has 2 rings (SSSR count). The van der Waals surface area contributed by atoms with Crippen molar-refractivity contribution in [1.82, 2.24) is 10.1 Å². The van der Waals surface area contributed by atoms with Gasteiger partial charge in [-0.3, -0.25) is 4.79 Å². The lowest BCUT2D eigenvalue weighted by atomic mass is 9.96. The summed E-state index contributed by atoms with van der Waals surface area (Å²) in [4.78, 5) is 14.2. The molecule has 112 valence electrons. The van der Waals surface area contributed by atoms with Crippen LogP contribution in [0, 0.1) is 5.41 Å². The number of nitrogens with zero attached hydrogens (tertiary/aromatic N) is 2. The van der Waals surface area contributed by atoms with Crippen molar-refractivity contribution < 1.29 is 9.32 Å². The number of amides is 1. The first-order chi connectivity index (χ1) is 9.78. The quantitative estimate of drug-likeness (QED) is 0.857. The van der Waals surface area contributed by atoms with Gasteiger partial charge in [0.25, 0.3) is 5.91 Å². The molecule has 0 radical (unpaired) electrons. The zero-order valence-corrected chi connectivity index (χ0v) is 13.4. The molecular weight excluding hydrogens is 288 g/mol. The first kappa shape index (κ1) is 15.6. The Morgan fingerprint density at radius 2 is 1.90 bits per heavy atom. The number of halogens is 1. The van der Waals surface area contributed by atoms with Gasteiger partial charge in [0.1, 0.15) is 17.5 Å². The highest BCUT2D eigenvalue weighted by Crippen LogP contribution is 2.25. The van der Waals surface area contributed by atoms with E-state index in [1.54, 1.807) is 24.1 Å². The van der Waals surface area contributed by atoms with Crippen molar-refractivity contribution in [3.63, 3.8) is 0 Å². The van der Waals surface area contributed by atoms with Crippen molar-refractivity contribution in [3.8, 4) is 11.3 Å². The highest BCUT2D eigenvalue weighted by Gasteiger charge is 2.23. The van der Waals surface area contributed by atoms with E-state index >= 15 is 0 Å². The molecule has 0 aliphatic carbocycles. The highest BCUT2D eigenvalue weighted by atomic mass is 35.5.